The summed E-state index contributed by atoms with van der Waals surface area (Å²) in [6, 6.07) is 12.7. The first kappa shape index (κ1) is 18.0. The monoisotopic (exact) mass is 391 g/mol. The highest BCUT2D eigenvalue weighted by molar-refractivity contribution is 7.92. The molecule has 0 radical (unpaired) electrons. The number of carbonyl (C=O) groups is 1. The summed E-state index contributed by atoms with van der Waals surface area (Å²) < 4.78 is 29.1. The minimum atomic E-state index is -3.97. The fourth-order valence-corrected chi connectivity index (χ4v) is 3.72. The summed E-state index contributed by atoms with van der Waals surface area (Å²) in [7, 11) is -3.97. The highest BCUT2D eigenvalue weighted by atomic mass is 35.5. The quantitative estimate of drug-likeness (QED) is 0.694. The SMILES string of the molecule is Cc1cn(-c2ccccc2)nc1NS(=O)(=O)c1ccc(C(=O)O)c(Cl)c1. The maximum Gasteiger partial charge on any atom is 0.337 e. The van der Waals surface area contributed by atoms with E-state index in [9.17, 15) is 13.2 Å². The molecule has 134 valence electrons. The highest BCUT2D eigenvalue weighted by Crippen LogP contribution is 2.24. The summed E-state index contributed by atoms with van der Waals surface area (Å²) in [5.74, 6) is -1.06. The third kappa shape index (κ3) is 3.56. The van der Waals surface area contributed by atoms with Crippen LogP contribution in [0, 0.1) is 6.92 Å². The van der Waals surface area contributed by atoms with Gasteiger partial charge in [0.2, 0.25) is 0 Å². The Hall–Kier alpha value is -2.84. The zero-order valence-corrected chi connectivity index (χ0v) is 15.1. The van der Waals surface area contributed by atoms with Gasteiger partial charge in [-0.05, 0) is 37.3 Å². The van der Waals surface area contributed by atoms with Crippen LogP contribution in [0.1, 0.15) is 15.9 Å². The van der Waals surface area contributed by atoms with Crippen LogP contribution in [0.25, 0.3) is 5.69 Å². The van der Waals surface area contributed by atoms with Crippen molar-refractivity contribution in [2.24, 2.45) is 0 Å². The summed E-state index contributed by atoms with van der Waals surface area (Å²) in [6.45, 7) is 1.73. The largest absolute Gasteiger partial charge is 0.478 e. The van der Waals surface area contributed by atoms with Gasteiger partial charge in [0.25, 0.3) is 10.0 Å². The number of hydrogen-bond donors (Lipinski definition) is 2. The second-order valence-electron chi connectivity index (χ2n) is 5.49. The van der Waals surface area contributed by atoms with Crippen LogP contribution < -0.4 is 4.72 Å². The number of rotatable bonds is 5. The van der Waals surface area contributed by atoms with Crippen LogP contribution in [0.3, 0.4) is 0 Å². The van der Waals surface area contributed by atoms with Gasteiger partial charge in [0.05, 0.1) is 21.2 Å². The Kier molecular flexibility index (Phi) is 4.71. The van der Waals surface area contributed by atoms with E-state index in [4.69, 9.17) is 16.7 Å². The third-order valence-electron chi connectivity index (χ3n) is 3.63. The number of benzene rings is 2. The van der Waals surface area contributed by atoms with Gasteiger partial charge < -0.3 is 5.11 Å². The molecule has 0 amide bonds. The van der Waals surface area contributed by atoms with Crippen LogP contribution in [0.15, 0.2) is 59.6 Å². The number of aromatic carboxylic acids is 1. The molecule has 0 saturated heterocycles. The molecule has 9 heteroatoms. The smallest absolute Gasteiger partial charge is 0.337 e. The number of hydrogen-bond acceptors (Lipinski definition) is 4. The van der Waals surface area contributed by atoms with Gasteiger partial charge in [0.15, 0.2) is 5.82 Å². The number of carboxylic acid groups (broad SMARTS) is 1. The molecule has 1 heterocycles. The molecule has 1 aromatic heterocycles. The molecule has 0 fully saturated rings. The van der Waals surface area contributed by atoms with Crippen LogP contribution in [0.4, 0.5) is 5.82 Å². The molecular weight excluding hydrogens is 378 g/mol. The van der Waals surface area contributed by atoms with Crippen molar-refractivity contribution in [2.45, 2.75) is 11.8 Å². The average molecular weight is 392 g/mol. The Morgan fingerprint density at radius 3 is 2.50 bits per heavy atom. The number of para-hydroxylation sites is 1. The van der Waals surface area contributed by atoms with Crippen molar-refractivity contribution in [3.05, 3.63) is 70.9 Å². The second kappa shape index (κ2) is 6.81. The van der Waals surface area contributed by atoms with Gasteiger partial charge in [-0.1, -0.05) is 29.8 Å². The maximum absolute atomic E-state index is 12.6. The molecule has 0 atom stereocenters. The van der Waals surface area contributed by atoms with Gasteiger partial charge >= 0.3 is 5.97 Å². The molecule has 0 saturated carbocycles. The zero-order chi connectivity index (χ0) is 18.9. The lowest BCUT2D eigenvalue weighted by Crippen LogP contribution is -2.14. The van der Waals surface area contributed by atoms with E-state index < -0.39 is 16.0 Å². The van der Waals surface area contributed by atoms with Crippen molar-refractivity contribution in [2.75, 3.05) is 4.72 Å². The van der Waals surface area contributed by atoms with Crippen LogP contribution in [-0.4, -0.2) is 29.3 Å². The van der Waals surface area contributed by atoms with E-state index in [1.807, 2.05) is 30.3 Å². The molecule has 7 nitrogen and oxygen atoms in total. The molecule has 2 aromatic carbocycles. The number of sulfonamides is 1. The Balaban J connectivity index is 1.92. The van der Waals surface area contributed by atoms with Crippen molar-refractivity contribution in [1.29, 1.82) is 0 Å². The molecule has 0 aliphatic rings. The number of halogens is 1. The Morgan fingerprint density at radius 2 is 1.88 bits per heavy atom. The molecule has 3 rings (SSSR count). The Bertz CT molecular complexity index is 1080. The number of nitrogens with zero attached hydrogens (tertiary/aromatic N) is 2. The van der Waals surface area contributed by atoms with E-state index in [0.29, 0.717) is 5.56 Å². The summed E-state index contributed by atoms with van der Waals surface area (Å²) >= 11 is 5.86. The van der Waals surface area contributed by atoms with Gasteiger partial charge in [0.1, 0.15) is 0 Å². The minimum Gasteiger partial charge on any atom is -0.478 e. The minimum absolute atomic E-state index is 0.152. The van der Waals surface area contributed by atoms with Gasteiger partial charge in [-0.2, -0.15) is 0 Å². The number of anilines is 1. The van der Waals surface area contributed by atoms with Crippen molar-refractivity contribution in [3.8, 4) is 5.69 Å². The number of aryl methyl sites for hydroxylation is 1. The summed E-state index contributed by atoms with van der Waals surface area (Å²) in [4.78, 5) is 10.8. The standard InChI is InChI=1S/C17H14ClN3O4S/c1-11-10-21(12-5-3-2-4-6-12)19-16(11)20-26(24,25)13-7-8-14(17(22)23)15(18)9-13/h2-10H,1H3,(H,19,20)(H,22,23). The van der Waals surface area contributed by atoms with Crippen molar-refractivity contribution >= 4 is 33.4 Å². The fraction of sp³-hybridized carbons (Fsp3) is 0.0588. The summed E-state index contributed by atoms with van der Waals surface area (Å²) in [5, 5.41) is 13.1. The summed E-state index contributed by atoms with van der Waals surface area (Å²) in [5.41, 5.74) is 1.25. The van der Waals surface area contributed by atoms with Gasteiger partial charge in [-0.25, -0.2) is 17.9 Å². The Morgan fingerprint density at radius 1 is 1.19 bits per heavy atom. The normalized spacial score (nSPS) is 11.3. The van der Waals surface area contributed by atoms with Gasteiger partial charge in [-0.3, -0.25) is 4.72 Å². The van der Waals surface area contributed by atoms with Crippen LogP contribution in [0.5, 0.6) is 0 Å². The molecule has 0 aliphatic carbocycles. The van der Waals surface area contributed by atoms with E-state index in [1.54, 1.807) is 17.8 Å². The summed E-state index contributed by atoms with van der Waals surface area (Å²) in [6.07, 6.45) is 1.70. The number of aromatic nitrogens is 2. The third-order valence-corrected chi connectivity index (χ3v) is 5.28. The van der Waals surface area contributed by atoms with E-state index >= 15 is 0 Å². The molecular formula is C17H14ClN3O4S. The van der Waals surface area contributed by atoms with Crippen molar-refractivity contribution in [3.63, 3.8) is 0 Å². The van der Waals surface area contributed by atoms with Crippen LogP contribution in [0.2, 0.25) is 5.02 Å². The maximum atomic E-state index is 12.6. The molecule has 2 N–H and O–H groups in total. The lowest BCUT2D eigenvalue weighted by molar-refractivity contribution is 0.0697. The molecule has 0 unspecified atom stereocenters. The average Bonchev–Trinajstić information content (AvgIpc) is 2.95. The highest BCUT2D eigenvalue weighted by Gasteiger charge is 2.20. The van der Waals surface area contributed by atoms with Crippen molar-refractivity contribution < 1.29 is 18.3 Å². The van der Waals surface area contributed by atoms with Gasteiger partial charge in [-0.15, -0.1) is 5.10 Å². The molecule has 0 aliphatic heterocycles. The van der Waals surface area contributed by atoms with E-state index in [0.717, 1.165) is 17.8 Å². The predicted molar refractivity (Wildman–Crippen MR) is 97.5 cm³/mol. The lowest BCUT2D eigenvalue weighted by atomic mass is 10.2. The van der Waals surface area contributed by atoms with Crippen LogP contribution >= 0.6 is 11.6 Å². The first-order chi connectivity index (χ1) is 12.3. The van der Waals surface area contributed by atoms with E-state index in [-0.39, 0.29) is 21.3 Å². The zero-order valence-electron chi connectivity index (χ0n) is 13.5. The number of nitrogens with one attached hydrogen (secondary N) is 1. The second-order valence-corrected chi connectivity index (χ2v) is 7.58. The fourth-order valence-electron chi connectivity index (χ4n) is 2.30. The van der Waals surface area contributed by atoms with Crippen molar-refractivity contribution in [1.82, 2.24) is 9.78 Å². The molecule has 3 aromatic rings. The topological polar surface area (TPSA) is 101 Å². The first-order valence-corrected chi connectivity index (χ1v) is 9.31. The molecule has 26 heavy (non-hydrogen) atoms. The number of carboxylic acids is 1. The Labute approximate surface area is 154 Å². The predicted octanol–water partition coefficient (Wildman–Crippen LogP) is 3.33. The molecule has 0 spiro atoms. The van der Waals surface area contributed by atoms with Crippen LogP contribution in [-0.2, 0) is 10.0 Å². The van der Waals surface area contributed by atoms with Gasteiger partial charge in [0, 0.05) is 11.8 Å². The molecule has 0 bridgehead atoms. The lowest BCUT2D eigenvalue weighted by Gasteiger charge is -2.08. The van der Waals surface area contributed by atoms with E-state index in [1.165, 1.54) is 6.07 Å². The first-order valence-electron chi connectivity index (χ1n) is 7.45. The van der Waals surface area contributed by atoms with E-state index in [2.05, 4.69) is 9.82 Å².